The summed E-state index contributed by atoms with van der Waals surface area (Å²) in [4.78, 5) is 0. The lowest BCUT2D eigenvalue weighted by Crippen LogP contribution is -2.30. The molecule has 0 fully saturated rings. The van der Waals surface area contributed by atoms with Crippen molar-refractivity contribution in [1.29, 1.82) is 0 Å². The Hall–Kier alpha value is -0.760. The molecule has 0 saturated carbocycles. The molecule has 0 amide bonds. The van der Waals surface area contributed by atoms with E-state index in [-0.39, 0.29) is 0 Å². The van der Waals surface area contributed by atoms with E-state index in [0.717, 1.165) is 18.7 Å². The van der Waals surface area contributed by atoms with E-state index in [1.165, 1.54) is 12.8 Å². The standard InChI is InChI=1S/C11H19NO/c1-3-6-10(12-4-2)9-11-7-5-8-13-11/h5,7-8,10,12H,3-4,6,9H2,1-2H3. The van der Waals surface area contributed by atoms with Crippen LogP contribution in [0.1, 0.15) is 32.4 Å². The first-order chi connectivity index (χ1) is 6.36. The zero-order valence-corrected chi connectivity index (χ0v) is 8.55. The van der Waals surface area contributed by atoms with Crippen LogP contribution in [-0.2, 0) is 6.42 Å². The molecule has 0 aliphatic carbocycles. The predicted octanol–water partition coefficient (Wildman–Crippen LogP) is 2.60. The van der Waals surface area contributed by atoms with Gasteiger partial charge in [0.25, 0.3) is 0 Å². The Kier molecular flexibility index (Phi) is 4.61. The van der Waals surface area contributed by atoms with Crippen LogP contribution in [0.15, 0.2) is 22.8 Å². The highest BCUT2D eigenvalue weighted by Gasteiger charge is 2.08. The summed E-state index contributed by atoms with van der Waals surface area (Å²) < 4.78 is 5.32. The Morgan fingerprint density at radius 1 is 1.46 bits per heavy atom. The Labute approximate surface area is 80.3 Å². The van der Waals surface area contributed by atoms with Gasteiger partial charge in [0.2, 0.25) is 0 Å². The van der Waals surface area contributed by atoms with E-state index in [0.29, 0.717) is 6.04 Å². The summed E-state index contributed by atoms with van der Waals surface area (Å²) in [5, 5.41) is 3.46. The van der Waals surface area contributed by atoms with E-state index in [1.54, 1.807) is 6.26 Å². The lowest BCUT2D eigenvalue weighted by atomic mass is 10.1. The normalized spacial score (nSPS) is 13.1. The second-order valence-corrected chi connectivity index (χ2v) is 3.33. The van der Waals surface area contributed by atoms with Gasteiger partial charge in [-0.3, -0.25) is 0 Å². The average molecular weight is 181 g/mol. The van der Waals surface area contributed by atoms with Crippen molar-refractivity contribution >= 4 is 0 Å². The van der Waals surface area contributed by atoms with Crippen molar-refractivity contribution in [3.05, 3.63) is 24.2 Å². The van der Waals surface area contributed by atoms with Crippen LogP contribution in [0.4, 0.5) is 0 Å². The molecule has 74 valence electrons. The number of nitrogens with one attached hydrogen (secondary N) is 1. The van der Waals surface area contributed by atoms with Gasteiger partial charge < -0.3 is 9.73 Å². The first-order valence-electron chi connectivity index (χ1n) is 5.12. The maximum atomic E-state index is 5.32. The van der Waals surface area contributed by atoms with Crippen LogP contribution >= 0.6 is 0 Å². The summed E-state index contributed by atoms with van der Waals surface area (Å²) in [5.74, 6) is 1.08. The summed E-state index contributed by atoms with van der Waals surface area (Å²) in [6.45, 7) is 5.39. The molecule has 13 heavy (non-hydrogen) atoms. The smallest absolute Gasteiger partial charge is 0.105 e. The molecular weight excluding hydrogens is 162 g/mol. The largest absolute Gasteiger partial charge is 0.469 e. The molecule has 0 spiro atoms. The second kappa shape index (κ2) is 5.81. The maximum Gasteiger partial charge on any atom is 0.105 e. The van der Waals surface area contributed by atoms with E-state index in [9.17, 15) is 0 Å². The van der Waals surface area contributed by atoms with Crippen molar-refractivity contribution in [2.24, 2.45) is 0 Å². The van der Waals surface area contributed by atoms with Gasteiger partial charge in [0.1, 0.15) is 5.76 Å². The molecular formula is C11H19NO. The van der Waals surface area contributed by atoms with Crippen molar-refractivity contribution in [2.45, 2.75) is 39.2 Å². The van der Waals surface area contributed by atoms with Crippen molar-refractivity contribution in [3.8, 4) is 0 Å². The summed E-state index contributed by atoms with van der Waals surface area (Å²) in [7, 11) is 0. The van der Waals surface area contributed by atoms with Crippen LogP contribution in [0.5, 0.6) is 0 Å². The molecule has 0 aromatic carbocycles. The summed E-state index contributed by atoms with van der Waals surface area (Å²) in [6.07, 6.45) is 5.19. The Morgan fingerprint density at radius 3 is 2.85 bits per heavy atom. The molecule has 1 aromatic heterocycles. The summed E-state index contributed by atoms with van der Waals surface area (Å²) >= 11 is 0. The third kappa shape index (κ3) is 3.64. The summed E-state index contributed by atoms with van der Waals surface area (Å²) in [6, 6.07) is 4.56. The first kappa shape index (κ1) is 10.3. The number of hydrogen-bond donors (Lipinski definition) is 1. The maximum absolute atomic E-state index is 5.32. The minimum absolute atomic E-state index is 0.571. The predicted molar refractivity (Wildman–Crippen MR) is 54.8 cm³/mol. The monoisotopic (exact) mass is 181 g/mol. The third-order valence-corrected chi connectivity index (χ3v) is 2.16. The molecule has 0 bridgehead atoms. The van der Waals surface area contributed by atoms with Gasteiger partial charge in [0.05, 0.1) is 6.26 Å². The van der Waals surface area contributed by atoms with Crippen molar-refractivity contribution in [2.75, 3.05) is 6.54 Å². The molecule has 1 aromatic rings. The van der Waals surface area contributed by atoms with Crippen molar-refractivity contribution in [3.63, 3.8) is 0 Å². The second-order valence-electron chi connectivity index (χ2n) is 3.33. The number of hydrogen-bond acceptors (Lipinski definition) is 2. The minimum Gasteiger partial charge on any atom is -0.469 e. The SMILES string of the molecule is CCCC(Cc1ccco1)NCC. The van der Waals surface area contributed by atoms with E-state index in [4.69, 9.17) is 4.42 Å². The van der Waals surface area contributed by atoms with E-state index >= 15 is 0 Å². The van der Waals surface area contributed by atoms with Gasteiger partial charge in [0.15, 0.2) is 0 Å². The summed E-state index contributed by atoms with van der Waals surface area (Å²) in [5.41, 5.74) is 0. The molecule has 1 N–H and O–H groups in total. The van der Waals surface area contributed by atoms with Crippen LogP contribution in [-0.4, -0.2) is 12.6 Å². The van der Waals surface area contributed by atoms with E-state index in [2.05, 4.69) is 19.2 Å². The lowest BCUT2D eigenvalue weighted by Gasteiger charge is -2.15. The molecule has 2 nitrogen and oxygen atoms in total. The van der Waals surface area contributed by atoms with E-state index < -0.39 is 0 Å². The zero-order valence-electron chi connectivity index (χ0n) is 8.55. The highest BCUT2D eigenvalue weighted by Crippen LogP contribution is 2.07. The first-order valence-corrected chi connectivity index (χ1v) is 5.12. The van der Waals surface area contributed by atoms with Gasteiger partial charge in [-0.1, -0.05) is 20.3 Å². The molecule has 1 atom stereocenters. The van der Waals surface area contributed by atoms with Crippen LogP contribution < -0.4 is 5.32 Å². The molecule has 0 radical (unpaired) electrons. The molecule has 0 aliphatic heterocycles. The average Bonchev–Trinajstić information content (AvgIpc) is 2.58. The molecule has 1 heterocycles. The highest BCUT2D eigenvalue weighted by atomic mass is 16.3. The van der Waals surface area contributed by atoms with Gasteiger partial charge in [-0.15, -0.1) is 0 Å². The highest BCUT2D eigenvalue weighted by molar-refractivity contribution is 5.00. The third-order valence-electron chi connectivity index (χ3n) is 2.16. The van der Waals surface area contributed by atoms with Gasteiger partial charge in [-0.05, 0) is 25.1 Å². The van der Waals surface area contributed by atoms with Gasteiger partial charge in [-0.25, -0.2) is 0 Å². The zero-order chi connectivity index (χ0) is 9.52. The number of likely N-dealkylation sites (N-methyl/N-ethyl adjacent to an activating group) is 1. The topological polar surface area (TPSA) is 25.2 Å². The number of furan rings is 1. The fourth-order valence-electron chi connectivity index (χ4n) is 1.59. The Balaban J connectivity index is 2.37. The van der Waals surface area contributed by atoms with Crippen LogP contribution in [0.2, 0.25) is 0 Å². The van der Waals surface area contributed by atoms with Crippen molar-refractivity contribution in [1.82, 2.24) is 5.32 Å². The fraction of sp³-hybridized carbons (Fsp3) is 0.636. The molecule has 0 saturated heterocycles. The van der Waals surface area contributed by atoms with Gasteiger partial charge in [-0.2, -0.15) is 0 Å². The van der Waals surface area contributed by atoms with Crippen LogP contribution in [0, 0.1) is 0 Å². The molecule has 2 heteroatoms. The molecule has 1 rings (SSSR count). The fourth-order valence-corrected chi connectivity index (χ4v) is 1.59. The molecule has 1 unspecified atom stereocenters. The Morgan fingerprint density at radius 2 is 2.31 bits per heavy atom. The van der Waals surface area contributed by atoms with Crippen LogP contribution in [0.25, 0.3) is 0 Å². The van der Waals surface area contributed by atoms with Gasteiger partial charge in [0, 0.05) is 12.5 Å². The quantitative estimate of drug-likeness (QED) is 0.729. The van der Waals surface area contributed by atoms with Gasteiger partial charge >= 0.3 is 0 Å². The minimum atomic E-state index is 0.571. The van der Waals surface area contributed by atoms with Crippen molar-refractivity contribution < 1.29 is 4.42 Å². The lowest BCUT2D eigenvalue weighted by molar-refractivity contribution is 0.428. The molecule has 0 aliphatic rings. The van der Waals surface area contributed by atoms with E-state index in [1.807, 2.05) is 12.1 Å². The van der Waals surface area contributed by atoms with Crippen LogP contribution in [0.3, 0.4) is 0 Å². The Bertz CT molecular complexity index is 200. The number of rotatable bonds is 6.